The van der Waals surface area contributed by atoms with Gasteiger partial charge in [-0.15, -0.1) is 0 Å². The van der Waals surface area contributed by atoms with Gasteiger partial charge in [-0.3, -0.25) is 0 Å². The molecular weight excluding hydrogens is 379 g/mol. The standard InChI is InChI=1S/C14H15IN6/c1-2-6-16-14-20-12-11(17-8-18-12)13(21-14)19-10-5-3-4-9(15)7-10/h3-5,7-8H,2,6H2,1H3,(H3,16,17,18,19,20,21). The molecule has 0 aliphatic rings. The molecule has 0 saturated heterocycles. The Morgan fingerprint density at radius 1 is 1.29 bits per heavy atom. The Kier molecular flexibility index (Phi) is 4.18. The lowest BCUT2D eigenvalue weighted by Gasteiger charge is -2.09. The second-order valence-corrected chi connectivity index (χ2v) is 5.80. The largest absolute Gasteiger partial charge is 0.354 e. The molecule has 0 atom stereocenters. The number of anilines is 3. The van der Waals surface area contributed by atoms with Gasteiger partial charge in [0.05, 0.1) is 6.33 Å². The van der Waals surface area contributed by atoms with Gasteiger partial charge in [-0.1, -0.05) is 13.0 Å². The van der Waals surface area contributed by atoms with Gasteiger partial charge in [0, 0.05) is 15.8 Å². The summed E-state index contributed by atoms with van der Waals surface area (Å²) >= 11 is 2.28. The SMILES string of the molecule is CCCNc1nc(Nc2cccc(I)c2)c2[nH]cnc2n1. The number of aromatic nitrogens is 4. The van der Waals surface area contributed by atoms with Crippen molar-refractivity contribution in [1.29, 1.82) is 0 Å². The lowest BCUT2D eigenvalue weighted by molar-refractivity contribution is 0.956. The summed E-state index contributed by atoms with van der Waals surface area (Å²) in [6, 6.07) is 8.12. The lowest BCUT2D eigenvalue weighted by atomic mass is 10.3. The summed E-state index contributed by atoms with van der Waals surface area (Å²) in [5, 5.41) is 6.52. The first kappa shape index (κ1) is 14.1. The van der Waals surface area contributed by atoms with Crippen LogP contribution in [0.5, 0.6) is 0 Å². The Balaban J connectivity index is 1.97. The molecule has 108 valence electrons. The van der Waals surface area contributed by atoms with Crippen LogP contribution < -0.4 is 10.6 Å². The van der Waals surface area contributed by atoms with Gasteiger partial charge in [0.25, 0.3) is 0 Å². The van der Waals surface area contributed by atoms with Gasteiger partial charge in [-0.25, -0.2) is 4.98 Å². The summed E-state index contributed by atoms with van der Waals surface area (Å²) in [5.74, 6) is 1.31. The van der Waals surface area contributed by atoms with Crippen LogP contribution in [0.3, 0.4) is 0 Å². The minimum absolute atomic E-state index is 0.588. The predicted molar refractivity (Wildman–Crippen MR) is 92.9 cm³/mol. The molecule has 1 aromatic carbocycles. The van der Waals surface area contributed by atoms with Crippen LogP contribution in [-0.4, -0.2) is 26.5 Å². The van der Waals surface area contributed by atoms with E-state index in [4.69, 9.17) is 0 Å². The minimum Gasteiger partial charge on any atom is -0.354 e. The van der Waals surface area contributed by atoms with Crippen LogP contribution in [0.1, 0.15) is 13.3 Å². The predicted octanol–water partition coefficient (Wildman–Crippen LogP) is 3.52. The van der Waals surface area contributed by atoms with Crippen molar-refractivity contribution in [3.05, 3.63) is 34.2 Å². The first-order valence-electron chi connectivity index (χ1n) is 6.74. The molecule has 0 aliphatic carbocycles. The topological polar surface area (TPSA) is 78.5 Å². The third-order valence-corrected chi connectivity index (χ3v) is 3.58. The number of hydrogen-bond donors (Lipinski definition) is 3. The highest BCUT2D eigenvalue weighted by molar-refractivity contribution is 14.1. The highest BCUT2D eigenvalue weighted by Crippen LogP contribution is 2.23. The van der Waals surface area contributed by atoms with Gasteiger partial charge in [0.15, 0.2) is 11.5 Å². The van der Waals surface area contributed by atoms with E-state index >= 15 is 0 Å². The van der Waals surface area contributed by atoms with E-state index in [-0.39, 0.29) is 0 Å². The summed E-state index contributed by atoms with van der Waals surface area (Å²) in [6.45, 7) is 2.93. The second-order valence-electron chi connectivity index (χ2n) is 4.56. The lowest BCUT2D eigenvalue weighted by Crippen LogP contribution is -2.06. The molecule has 3 aromatic rings. The van der Waals surface area contributed by atoms with Crippen molar-refractivity contribution in [2.24, 2.45) is 0 Å². The van der Waals surface area contributed by atoms with E-state index < -0.39 is 0 Å². The fraction of sp³-hybridized carbons (Fsp3) is 0.214. The van der Waals surface area contributed by atoms with E-state index in [1.807, 2.05) is 18.2 Å². The van der Waals surface area contributed by atoms with Crippen LogP contribution in [0.4, 0.5) is 17.5 Å². The smallest absolute Gasteiger partial charge is 0.226 e. The van der Waals surface area contributed by atoms with Gasteiger partial charge in [0.1, 0.15) is 5.52 Å². The molecule has 3 rings (SSSR count). The van der Waals surface area contributed by atoms with Gasteiger partial charge in [0.2, 0.25) is 5.95 Å². The molecule has 2 aromatic heterocycles. The van der Waals surface area contributed by atoms with Gasteiger partial charge in [-0.05, 0) is 47.2 Å². The van der Waals surface area contributed by atoms with Gasteiger partial charge in [-0.2, -0.15) is 9.97 Å². The molecule has 0 unspecified atom stereocenters. The van der Waals surface area contributed by atoms with Crippen molar-refractivity contribution < 1.29 is 0 Å². The summed E-state index contributed by atoms with van der Waals surface area (Å²) in [6.07, 6.45) is 2.64. The number of nitrogens with one attached hydrogen (secondary N) is 3. The second kappa shape index (κ2) is 6.25. The summed E-state index contributed by atoms with van der Waals surface area (Å²) in [5.41, 5.74) is 2.44. The van der Waals surface area contributed by atoms with Crippen LogP contribution in [0.2, 0.25) is 0 Å². The quantitative estimate of drug-likeness (QED) is 0.578. The fourth-order valence-electron chi connectivity index (χ4n) is 1.94. The molecule has 0 spiro atoms. The number of H-pyrrole nitrogens is 1. The maximum atomic E-state index is 4.53. The maximum Gasteiger partial charge on any atom is 0.226 e. The van der Waals surface area contributed by atoms with Crippen molar-refractivity contribution in [2.45, 2.75) is 13.3 Å². The monoisotopic (exact) mass is 394 g/mol. The van der Waals surface area contributed by atoms with Crippen LogP contribution in [0.15, 0.2) is 30.6 Å². The number of halogens is 1. The minimum atomic E-state index is 0.588. The maximum absolute atomic E-state index is 4.53. The van der Waals surface area contributed by atoms with Crippen molar-refractivity contribution in [3.63, 3.8) is 0 Å². The Morgan fingerprint density at radius 3 is 3.00 bits per heavy atom. The van der Waals surface area contributed by atoms with Crippen molar-refractivity contribution in [1.82, 2.24) is 19.9 Å². The number of fused-ring (bicyclic) bond motifs is 1. The Bertz CT molecular complexity index is 754. The van der Waals surface area contributed by atoms with Crippen LogP contribution in [0.25, 0.3) is 11.2 Å². The van der Waals surface area contributed by atoms with E-state index in [1.54, 1.807) is 6.33 Å². The Morgan fingerprint density at radius 2 is 2.19 bits per heavy atom. The number of benzene rings is 1. The highest BCUT2D eigenvalue weighted by Gasteiger charge is 2.10. The highest BCUT2D eigenvalue weighted by atomic mass is 127. The van der Waals surface area contributed by atoms with E-state index in [0.29, 0.717) is 11.6 Å². The average molecular weight is 394 g/mol. The van der Waals surface area contributed by atoms with E-state index in [2.05, 4.69) is 66.2 Å². The molecule has 21 heavy (non-hydrogen) atoms. The Hall–Kier alpha value is -1.90. The summed E-state index contributed by atoms with van der Waals surface area (Å²) in [7, 11) is 0. The zero-order valence-electron chi connectivity index (χ0n) is 11.5. The van der Waals surface area contributed by atoms with Gasteiger partial charge >= 0.3 is 0 Å². The number of hydrogen-bond acceptors (Lipinski definition) is 5. The molecular formula is C14H15IN6. The van der Waals surface area contributed by atoms with Crippen LogP contribution >= 0.6 is 22.6 Å². The molecule has 3 N–H and O–H groups in total. The fourth-order valence-corrected chi connectivity index (χ4v) is 2.49. The van der Waals surface area contributed by atoms with E-state index in [9.17, 15) is 0 Å². The first-order valence-corrected chi connectivity index (χ1v) is 7.81. The number of imidazole rings is 1. The van der Waals surface area contributed by atoms with Crippen LogP contribution in [-0.2, 0) is 0 Å². The zero-order chi connectivity index (χ0) is 14.7. The summed E-state index contributed by atoms with van der Waals surface area (Å²) in [4.78, 5) is 16.2. The Labute approximate surface area is 135 Å². The number of aromatic amines is 1. The van der Waals surface area contributed by atoms with Crippen LogP contribution in [0, 0.1) is 3.57 Å². The van der Waals surface area contributed by atoms with Crippen molar-refractivity contribution in [2.75, 3.05) is 17.2 Å². The molecule has 0 fully saturated rings. The van der Waals surface area contributed by atoms with E-state index in [1.165, 1.54) is 0 Å². The molecule has 0 amide bonds. The van der Waals surface area contributed by atoms with Crippen molar-refractivity contribution in [3.8, 4) is 0 Å². The van der Waals surface area contributed by atoms with Crippen molar-refractivity contribution >= 4 is 51.2 Å². The van der Waals surface area contributed by atoms with E-state index in [0.717, 1.165) is 33.6 Å². The number of nitrogens with zero attached hydrogens (tertiary/aromatic N) is 3. The third kappa shape index (κ3) is 3.23. The molecule has 7 heteroatoms. The molecule has 6 nitrogen and oxygen atoms in total. The first-order chi connectivity index (χ1) is 10.3. The average Bonchev–Trinajstić information content (AvgIpc) is 2.94. The molecule has 0 saturated carbocycles. The molecule has 0 bridgehead atoms. The summed E-state index contributed by atoms with van der Waals surface area (Å²) < 4.78 is 1.16. The molecule has 0 radical (unpaired) electrons. The third-order valence-electron chi connectivity index (χ3n) is 2.91. The molecule has 2 heterocycles. The zero-order valence-corrected chi connectivity index (χ0v) is 13.7. The van der Waals surface area contributed by atoms with Gasteiger partial charge < -0.3 is 15.6 Å². The number of rotatable bonds is 5. The normalized spacial score (nSPS) is 10.8. The molecule has 0 aliphatic heterocycles.